The number of guanidine groups is 1. The fourth-order valence-electron chi connectivity index (χ4n) is 1.80. The van der Waals surface area contributed by atoms with Gasteiger partial charge in [0.15, 0.2) is 5.96 Å². The summed E-state index contributed by atoms with van der Waals surface area (Å²) in [7, 11) is 0. The number of ether oxygens (including phenoxy) is 1. The van der Waals surface area contributed by atoms with Gasteiger partial charge in [0.25, 0.3) is 0 Å². The number of aliphatic hydroxyl groups is 1. The van der Waals surface area contributed by atoms with E-state index in [0.29, 0.717) is 30.8 Å². The Hall–Kier alpha value is -1.53. The number of hydrogen-bond donors (Lipinski definition) is 3. The van der Waals surface area contributed by atoms with Gasteiger partial charge in [-0.15, -0.1) is 0 Å². The first-order valence-electron chi connectivity index (χ1n) is 7.82. The number of aliphatic imine (C=N–C) groups is 1. The van der Waals surface area contributed by atoms with Crippen molar-refractivity contribution < 1.29 is 14.3 Å². The van der Waals surface area contributed by atoms with Crippen LogP contribution in [0, 0.1) is 5.92 Å². The van der Waals surface area contributed by atoms with Crippen LogP contribution in [0.15, 0.2) is 27.8 Å². The van der Waals surface area contributed by atoms with Crippen LogP contribution in [0.4, 0.5) is 0 Å². The molecule has 0 spiro atoms. The quantitative estimate of drug-likeness (QED) is 0.368. The molecule has 0 bridgehead atoms. The Balaban J connectivity index is 2.44. The van der Waals surface area contributed by atoms with E-state index in [4.69, 9.17) is 9.15 Å². The summed E-state index contributed by atoms with van der Waals surface area (Å²) < 4.78 is 10.8. The van der Waals surface area contributed by atoms with Crippen molar-refractivity contribution in [2.75, 3.05) is 32.8 Å². The van der Waals surface area contributed by atoms with Crippen LogP contribution in [-0.2, 0) is 10.3 Å². The Bertz CT molecular complexity index is 428. The number of nitrogens with one attached hydrogen (secondary N) is 2. The predicted molar refractivity (Wildman–Crippen MR) is 87.9 cm³/mol. The van der Waals surface area contributed by atoms with Crippen LogP contribution in [0.3, 0.4) is 0 Å². The molecule has 1 atom stereocenters. The molecule has 0 aliphatic rings. The van der Waals surface area contributed by atoms with E-state index in [1.54, 1.807) is 25.3 Å². The molecule has 126 valence electrons. The molecule has 0 radical (unpaired) electrons. The minimum Gasteiger partial charge on any atom is -0.466 e. The Morgan fingerprint density at radius 1 is 1.45 bits per heavy atom. The highest BCUT2D eigenvalue weighted by Gasteiger charge is 2.25. The molecule has 0 aliphatic carbocycles. The van der Waals surface area contributed by atoms with Gasteiger partial charge in [-0.05, 0) is 31.9 Å². The summed E-state index contributed by atoms with van der Waals surface area (Å²) in [5.74, 6) is 1.69. The second kappa shape index (κ2) is 9.48. The highest BCUT2D eigenvalue weighted by molar-refractivity contribution is 5.79. The normalized spacial score (nSPS) is 14.9. The first-order chi connectivity index (χ1) is 10.5. The highest BCUT2D eigenvalue weighted by atomic mass is 16.5. The molecule has 0 amide bonds. The van der Waals surface area contributed by atoms with Gasteiger partial charge in [-0.3, -0.25) is 0 Å². The average molecular weight is 311 g/mol. The van der Waals surface area contributed by atoms with Gasteiger partial charge < -0.3 is 24.9 Å². The average Bonchev–Trinajstić information content (AvgIpc) is 2.99. The van der Waals surface area contributed by atoms with E-state index < -0.39 is 5.60 Å². The first-order valence-corrected chi connectivity index (χ1v) is 7.82. The standard InChI is InChI=1S/C16H29N3O3/c1-5-17-15(18-8-10-21-11-13(2)3)19-12-16(4,20)14-7-6-9-22-14/h6-7,9,13,20H,5,8,10-12H2,1-4H3,(H2,17,18,19). The van der Waals surface area contributed by atoms with Gasteiger partial charge in [0.1, 0.15) is 11.4 Å². The van der Waals surface area contributed by atoms with E-state index in [1.165, 1.54) is 0 Å². The molecule has 1 aromatic rings. The monoisotopic (exact) mass is 311 g/mol. The van der Waals surface area contributed by atoms with Crippen LogP contribution in [0.25, 0.3) is 0 Å². The summed E-state index contributed by atoms with van der Waals surface area (Å²) >= 11 is 0. The second-order valence-corrected chi connectivity index (χ2v) is 5.84. The third kappa shape index (κ3) is 6.95. The minimum atomic E-state index is -1.13. The molecule has 1 heterocycles. The largest absolute Gasteiger partial charge is 0.466 e. The lowest BCUT2D eigenvalue weighted by atomic mass is 10.0. The molecule has 6 heteroatoms. The molecule has 0 saturated carbocycles. The van der Waals surface area contributed by atoms with E-state index in [0.717, 1.165) is 13.2 Å². The zero-order valence-corrected chi connectivity index (χ0v) is 14.1. The molecule has 0 saturated heterocycles. The summed E-state index contributed by atoms with van der Waals surface area (Å²) in [6.45, 7) is 10.9. The predicted octanol–water partition coefficient (Wildman–Crippen LogP) is 1.71. The molecule has 1 rings (SSSR count). The first kappa shape index (κ1) is 18.5. The van der Waals surface area contributed by atoms with Crippen LogP contribution >= 0.6 is 0 Å². The van der Waals surface area contributed by atoms with E-state index in [2.05, 4.69) is 29.5 Å². The van der Waals surface area contributed by atoms with Crippen LogP contribution in [-0.4, -0.2) is 43.9 Å². The molecular formula is C16H29N3O3. The zero-order valence-electron chi connectivity index (χ0n) is 14.1. The third-order valence-electron chi connectivity index (χ3n) is 2.93. The summed E-state index contributed by atoms with van der Waals surface area (Å²) in [4.78, 5) is 4.40. The zero-order chi connectivity index (χ0) is 16.4. The van der Waals surface area contributed by atoms with Crippen molar-refractivity contribution in [1.29, 1.82) is 0 Å². The van der Waals surface area contributed by atoms with E-state index in [1.807, 2.05) is 6.92 Å². The second-order valence-electron chi connectivity index (χ2n) is 5.84. The molecule has 3 N–H and O–H groups in total. The lowest BCUT2D eigenvalue weighted by Crippen LogP contribution is -2.40. The van der Waals surface area contributed by atoms with Crippen LogP contribution in [0.2, 0.25) is 0 Å². The molecule has 22 heavy (non-hydrogen) atoms. The molecule has 1 aromatic heterocycles. The van der Waals surface area contributed by atoms with Crippen molar-refractivity contribution in [1.82, 2.24) is 10.6 Å². The van der Waals surface area contributed by atoms with Crippen molar-refractivity contribution in [3.05, 3.63) is 24.2 Å². The molecule has 0 aromatic carbocycles. The highest BCUT2D eigenvalue weighted by Crippen LogP contribution is 2.20. The van der Waals surface area contributed by atoms with Gasteiger partial charge in [0, 0.05) is 19.7 Å². The van der Waals surface area contributed by atoms with Crippen LogP contribution < -0.4 is 10.6 Å². The third-order valence-corrected chi connectivity index (χ3v) is 2.93. The van der Waals surface area contributed by atoms with Gasteiger partial charge in [-0.1, -0.05) is 13.8 Å². The fourth-order valence-corrected chi connectivity index (χ4v) is 1.80. The molecule has 0 aliphatic heterocycles. The van der Waals surface area contributed by atoms with E-state index in [9.17, 15) is 5.11 Å². The lowest BCUT2D eigenvalue weighted by Gasteiger charge is -2.19. The molecule has 1 unspecified atom stereocenters. The summed E-state index contributed by atoms with van der Waals surface area (Å²) in [5.41, 5.74) is -1.13. The molecular weight excluding hydrogens is 282 g/mol. The van der Waals surface area contributed by atoms with Crippen molar-refractivity contribution in [3.63, 3.8) is 0 Å². The number of nitrogens with zero attached hydrogens (tertiary/aromatic N) is 1. The van der Waals surface area contributed by atoms with E-state index in [-0.39, 0.29) is 6.54 Å². The van der Waals surface area contributed by atoms with E-state index >= 15 is 0 Å². The van der Waals surface area contributed by atoms with Gasteiger partial charge in [0.05, 0.1) is 19.4 Å². The summed E-state index contributed by atoms with van der Waals surface area (Å²) in [5, 5.41) is 16.7. The lowest BCUT2D eigenvalue weighted by molar-refractivity contribution is 0.0436. The smallest absolute Gasteiger partial charge is 0.191 e. The van der Waals surface area contributed by atoms with Gasteiger partial charge in [-0.25, -0.2) is 4.99 Å². The van der Waals surface area contributed by atoms with Gasteiger partial charge >= 0.3 is 0 Å². The SMILES string of the molecule is CCNC(=NCC(C)(O)c1ccco1)NCCOCC(C)C. The van der Waals surface area contributed by atoms with Crippen molar-refractivity contribution >= 4 is 5.96 Å². The van der Waals surface area contributed by atoms with Gasteiger partial charge in [0.2, 0.25) is 0 Å². The van der Waals surface area contributed by atoms with Crippen LogP contribution in [0.5, 0.6) is 0 Å². The molecule has 0 fully saturated rings. The van der Waals surface area contributed by atoms with Crippen LogP contribution in [0.1, 0.15) is 33.5 Å². The number of hydrogen-bond acceptors (Lipinski definition) is 4. The topological polar surface area (TPSA) is 79.0 Å². The van der Waals surface area contributed by atoms with Crippen molar-refractivity contribution in [2.45, 2.75) is 33.3 Å². The Labute approximate surface area is 133 Å². The molecule has 6 nitrogen and oxygen atoms in total. The summed E-state index contributed by atoms with van der Waals surface area (Å²) in [6.07, 6.45) is 1.54. The maximum Gasteiger partial charge on any atom is 0.191 e. The minimum absolute atomic E-state index is 0.211. The summed E-state index contributed by atoms with van der Waals surface area (Å²) in [6, 6.07) is 3.50. The maximum atomic E-state index is 10.4. The fraction of sp³-hybridized carbons (Fsp3) is 0.688. The van der Waals surface area contributed by atoms with Gasteiger partial charge in [-0.2, -0.15) is 0 Å². The number of furan rings is 1. The van der Waals surface area contributed by atoms with Crippen molar-refractivity contribution in [2.24, 2.45) is 10.9 Å². The Morgan fingerprint density at radius 3 is 2.82 bits per heavy atom. The number of rotatable bonds is 9. The van der Waals surface area contributed by atoms with Crippen molar-refractivity contribution in [3.8, 4) is 0 Å². The Morgan fingerprint density at radius 2 is 2.23 bits per heavy atom. The Kier molecular flexibility index (Phi) is 7.98. The maximum absolute atomic E-state index is 10.4.